The molecular formula is C15H21ClN2O3. The van der Waals surface area contributed by atoms with Crippen molar-refractivity contribution in [2.45, 2.75) is 20.4 Å². The molecule has 1 amide bonds. The maximum absolute atomic E-state index is 11.7. The maximum atomic E-state index is 11.7. The third kappa shape index (κ3) is 4.25. The molecule has 0 saturated heterocycles. The second kappa shape index (κ2) is 7.52. The van der Waals surface area contributed by atoms with Gasteiger partial charge < -0.3 is 14.8 Å². The summed E-state index contributed by atoms with van der Waals surface area (Å²) in [7, 11) is 0. The molecule has 0 unspecified atom stereocenters. The minimum Gasteiger partial charge on any atom is -0.486 e. The zero-order valence-corrected chi connectivity index (χ0v) is 13.2. The molecule has 1 aliphatic rings. The van der Waals surface area contributed by atoms with E-state index in [2.05, 4.69) is 5.32 Å². The second-order valence-electron chi connectivity index (χ2n) is 4.86. The Bertz CT molecular complexity index is 508. The molecule has 1 heterocycles. The highest BCUT2D eigenvalue weighted by Crippen LogP contribution is 2.38. The number of fused-ring (bicyclic) bond motifs is 1. The Kier molecular flexibility index (Phi) is 5.70. The van der Waals surface area contributed by atoms with E-state index in [4.69, 9.17) is 21.1 Å². The fourth-order valence-electron chi connectivity index (χ4n) is 2.25. The molecule has 0 bridgehead atoms. The molecule has 5 nitrogen and oxygen atoms in total. The van der Waals surface area contributed by atoms with Crippen molar-refractivity contribution in [1.29, 1.82) is 0 Å². The number of rotatable bonds is 6. The molecule has 1 N–H and O–H groups in total. The number of hydrogen-bond donors (Lipinski definition) is 1. The summed E-state index contributed by atoms with van der Waals surface area (Å²) in [5.41, 5.74) is 1.01. The van der Waals surface area contributed by atoms with Crippen LogP contribution in [0.15, 0.2) is 12.1 Å². The third-order valence-corrected chi connectivity index (χ3v) is 3.53. The van der Waals surface area contributed by atoms with Gasteiger partial charge in [0, 0.05) is 13.1 Å². The quantitative estimate of drug-likeness (QED) is 0.873. The maximum Gasteiger partial charge on any atom is 0.234 e. The van der Waals surface area contributed by atoms with Crippen molar-refractivity contribution in [3.63, 3.8) is 0 Å². The molecule has 1 aromatic rings. The van der Waals surface area contributed by atoms with Crippen molar-refractivity contribution in [3.05, 3.63) is 22.7 Å². The van der Waals surface area contributed by atoms with Gasteiger partial charge in [0.15, 0.2) is 11.5 Å². The molecule has 6 heteroatoms. The van der Waals surface area contributed by atoms with Crippen LogP contribution in [-0.2, 0) is 11.3 Å². The number of carbonyl (C=O) groups excluding carboxylic acids is 1. The molecule has 0 fully saturated rings. The van der Waals surface area contributed by atoms with Gasteiger partial charge >= 0.3 is 0 Å². The largest absolute Gasteiger partial charge is 0.486 e. The molecule has 2 rings (SSSR count). The van der Waals surface area contributed by atoms with Crippen molar-refractivity contribution < 1.29 is 14.3 Å². The summed E-state index contributed by atoms with van der Waals surface area (Å²) < 4.78 is 11.1. The summed E-state index contributed by atoms with van der Waals surface area (Å²) in [5, 5.41) is 3.36. The van der Waals surface area contributed by atoms with Crippen LogP contribution in [0.4, 0.5) is 0 Å². The van der Waals surface area contributed by atoms with Crippen LogP contribution in [0.1, 0.15) is 19.4 Å². The highest BCUT2D eigenvalue weighted by molar-refractivity contribution is 6.32. The summed E-state index contributed by atoms with van der Waals surface area (Å²) in [5.74, 6) is 1.32. The van der Waals surface area contributed by atoms with Crippen molar-refractivity contribution in [2.24, 2.45) is 0 Å². The highest BCUT2D eigenvalue weighted by atomic mass is 35.5. The van der Waals surface area contributed by atoms with Crippen LogP contribution >= 0.6 is 11.6 Å². The lowest BCUT2D eigenvalue weighted by molar-refractivity contribution is -0.122. The molecule has 0 atom stereocenters. The number of nitrogens with zero attached hydrogens (tertiary/aromatic N) is 1. The van der Waals surface area contributed by atoms with Crippen LogP contribution < -0.4 is 14.8 Å². The zero-order chi connectivity index (χ0) is 15.2. The number of carbonyl (C=O) groups is 1. The Labute approximate surface area is 130 Å². The van der Waals surface area contributed by atoms with Gasteiger partial charge in [-0.25, -0.2) is 0 Å². The number of nitrogens with one attached hydrogen (secondary N) is 1. The predicted octanol–water partition coefficient (Wildman–Crippen LogP) is 2.07. The lowest BCUT2D eigenvalue weighted by Gasteiger charge is -2.23. The van der Waals surface area contributed by atoms with E-state index < -0.39 is 0 Å². The number of benzene rings is 1. The molecule has 1 aromatic carbocycles. The normalized spacial score (nSPS) is 13.3. The van der Waals surface area contributed by atoms with Gasteiger partial charge in [-0.05, 0) is 31.2 Å². The van der Waals surface area contributed by atoms with Crippen LogP contribution in [0.5, 0.6) is 11.5 Å². The molecule has 1 aliphatic heterocycles. The average molecular weight is 313 g/mol. The van der Waals surface area contributed by atoms with Gasteiger partial charge in [0.25, 0.3) is 0 Å². The van der Waals surface area contributed by atoms with Gasteiger partial charge in [-0.3, -0.25) is 9.69 Å². The van der Waals surface area contributed by atoms with E-state index in [-0.39, 0.29) is 5.91 Å². The zero-order valence-electron chi connectivity index (χ0n) is 12.4. The Hall–Kier alpha value is -1.46. The molecule has 21 heavy (non-hydrogen) atoms. The van der Waals surface area contributed by atoms with Gasteiger partial charge in [-0.1, -0.05) is 18.5 Å². The van der Waals surface area contributed by atoms with Crippen molar-refractivity contribution in [1.82, 2.24) is 10.2 Å². The van der Waals surface area contributed by atoms with Crippen LogP contribution in [0.2, 0.25) is 5.02 Å². The first-order chi connectivity index (χ1) is 10.1. The van der Waals surface area contributed by atoms with E-state index in [9.17, 15) is 4.79 Å². The van der Waals surface area contributed by atoms with E-state index in [1.807, 2.05) is 30.9 Å². The monoisotopic (exact) mass is 312 g/mol. The second-order valence-corrected chi connectivity index (χ2v) is 5.27. The third-order valence-electron chi connectivity index (χ3n) is 3.25. The number of hydrogen-bond acceptors (Lipinski definition) is 4. The first-order valence-electron chi connectivity index (χ1n) is 7.21. The minimum atomic E-state index is 0.0305. The fourth-order valence-corrected chi connectivity index (χ4v) is 2.54. The first kappa shape index (κ1) is 15.9. The number of halogens is 1. The van der Waals surface area contributed by atoms with Crippen LogP contribution in [0, 0.1) is 0 Å². The molecule has 0 radical (unpaired) electrons. The van der Waals surface area contributed by atoms with E-state index in [0.29, 0.717) is 49.4 Å². The minimum absolute atomic E-state index is 0.0305. The lowest BCUT2D eigenvalue weighted by atomic mass is 10.1. The summed E-state index contributed by atoms with van der Waals surface area (Å²) in [6.07, 6.45) is 0. The van der Waals surface area contributed by atoms with Gasteiger partial charge in [0.05, 0.1) is 11.6 Å². The van der Waals surface area contributed by atoms with Gasteiger partial charge in [-0.15, -0.1) is 0 Å². The topological polar surface area (TPSA) is 50.8 Å². The van der Waals surface area contributed by atoms with E-state index >= 15 is 0 Å². The van der Waals surface area contributed by atoms with Crippen LogP contribution in [-0.4, -0.2) is 43.7 Å². The van der Waals surface area contributed by atoms with Crippen molar-refractivity contribution in [3.8, 4) is 11.5 Å². The molecular weight excluding hydrogens is 292 g/mol. The Balaban J connectivity index is 2.07. The SMILES string of the molecule is CCNC(=O)CN(CC)Cc1cc(Cl)c2c(c1)OCCO2. The molecule has 0 aromatic heterocycles. The lowest BCUT2D eigenvalue weighted by Crippen LogP contribution is -2.36. The highest BCUT2D eigenvalue weighted by Gasteiger charge is 2.18. The van der Waals surface area contributed by atoms with E-state index in [1.54, 1.807) is 0 Å². The fraction of sp³-hybridized carbons (Fsp3) is 0.533. The smallest absolute Gasteiger partial charge is 0.234 e. The number of amides is 1. The summed E-state index contributed by atoms with van der Waals surface area (Å²) in [6.45, 7) is 7.43. The average Bonchev–Trinajstić information content (AvgIpc) is 2.47. The van der Waals surface area contributed by atoms with Gasteiger partial charge in [-0.2, -0.15) is 0 Å². The van der Waals surface area contributed by atoms with Gasteiger partial charge in [0.1, 0.15) is 13.2 Å². The molecule has 0 aliphatic carbocycles. The summed E-state index contributed by atoms with van der Waals surface area (Å²) in [6, 6.07) is 3.80. The van der Waals surface area contributed by atoms with Crippen LogP contribution in [0.3, 0.4) is 0 Å². The van der Waals surface area contributed by atoms with Crippen molar-refractivity contribution >= 4 is 17.5 Å². The standard InChI is InChI=1S/C15H21ClN2O3/c1-3-17-14(19)10-18(4-2)9-11-7-12(16)15-13(8-11)20-5-6-21-15/h7-8H,3-6,9-10H2,1-2H3,(H,17,19). The van der Waals surface area contributed by atoms with E-state index in [1.165, 1.54) is 0 Å². The molecule has 116 valence electrons. The summed E-state index contributed by atoms with van der Waals surface area (Å²) in [4.78, 5) is 13.7. The Morgan fingerprint density at radius 2 is 2.10 bits per heavy atom. The van der Waals surface area contributed by atoms with Gasteiger partial charge in [0.2, 0.25) is 5.91 Å². The molecule has 0 spiro atoms. The Morgan fingerprint density at radius 1 is 1.33 bits per heavy atom. The predicted molar refractivity (Wildman–Crippen MR) is 82.1 cm³/mol. The Morgan fingerprint density at radius 3 is 2.81 bits per heavy atom. The molecule has 0 saturated carbocycles. The first-order valence-corrected chi connectivity index (χ1v) is 7.58. The van der Waals surface area contributed by atoms with Crippen molar-refractivity contribution in [2.75, 3.05) is 32.8 Å². The van der Waals surface area contributed by atoms with E-state index in [0.717, 1.165) is 12.1 Å². The number of likely N-dealkylation sites (N-methyl/N-ethyl adjacent to an activating group) is 2. The number of ether oxygens (including phenoxy) is 2. The van der Waals surface area contributed by atoms with Crippen LogP contribution in [0.25, 0.3) is 0 Å². The summed E-state index contributed by atoms with van der Waals surface area (Å²) >= 11 is 6.23.